The first-order valence-electron chi connectivity index (χ1n) is 3.34. The molecule has 1 aromatic carbocycles. The number of hydrogen-bond acceptors (Lipinski definition) is 4. The maximum absolute atomic E-state index is 10.7. The van der Waals surface area contributed by atoms with Crippen LogP contribution in [0.25, 0.3) is 0 Å². The molecule has 1 aromatic rings. The quantitative estimate of drug-likeness (QED) is 0.346. The van der Waals surface area contributed by atoms with Gasteiger partial charge in [0.15, 0.2) is 0 Å². The minimum absolute atomic E-state index is 0. The molecule has 0 saturated heterocycles. The van der Waals surface area contributed by atoms with Crippen LogP contribution in [0.4, 0.5) is 5.69 Å². The number of aryl methyl sites for hydroxylation is 1. The molecule has 0 spiro atoms. The minimum atomic E-state index is -4.46. The van der Waals surface area contributed by atoms with E-state index in [1.807, 2.05) is 0 Å². The number of anilines is 1. The summed E-state index contributed by atoms with van der Waals surface area (Å²) in [5.41, 5.74) is 5.96. The molecule has 0 unspecified atom stereocenters. The third-order valence-corrected chi connectivity index (χ3v) is 2.87. The van der Waals surface area contributed by atoms with E-state index in [9.17, 15) is 13.0 Å². The first-order valence-corrected chi connectivity index (χ1v) is 5.12. The molecule has 0 aliphatic heterocycles. The fourth-order valence-corrected chi connectivity index (χ4v) is 1.90. The number of nitrogens with two attached hydrogens (primary N) is 1. The number of rotatable bonds is 1. The Morgan fingerprint density at radius 1 is 1.43 bits per heavy atom. The Bertz CT molecular complexity index is 446. The van der Waals surface area contributed by atoms with E-state index in [0.717, 1.165) is 6.07 Å². The van der Waals surface area contributed by atoms with E-state index in [1.54, 1.807) is 0 Å². The largest absolute Gasteiger partial charge is 1.00 e. The van der Waals surface area contributed by atoms with Crippen LogP contribution in [0.2, 0.25) is 5.02 Å². The molecule has 0 saturated carbocycles. The molecule has 0 aliphatic carbocycles. The van der Waals surface area contributed by atoms with Gasteiger partial charge in [-0.05, 0) is 24.6 Å². The van der Waals surface area contributed by atoms with Crippen molar-refractivity contribution >= 4 is 27.4 Å². The Balaban J connectivity index is 0.00000169. The number of nitrogen functional groups attached to an aromatic ring is 1. The molecule has 7 heteroatoms. The van der Waals surface area contributed by atoms with Crippen LogP contribution in [-0.2, 0) is 10.1 Å². The summed E-state index contributed by atoms with van der Waals surface area (Å²) in [5.74, 6) is 0. The average molecular weight is 228 g/mol. The van der Waals surface area contributed by atoms with Crippen LogP contribution in [0.3, 0.4) is 0 Å². The summed E-state index contributed by atoms with van der Waals surface area (Å²) >= 11 is 5.56. The molecule has 0 fully saturated rings. The van der Waals surface area contributed by atoms with Crippen LogP contribution in [-0.4, -0.2) is 13.0 Å². The van der Waals surface area contributed by atoms with Gasteiger partial charge in [0.2, 0.25) is 0 Å². The van der Waals surface area contributed by atoms with E-state index in [1.165, 1.54) is 13.0 Å². The number of benzene rings is 1. The molecule has 1 rings (SSSR count). The summed E-state index contributed by atoms with van der Waals surface area (Å²) in [6.07, 6.45) is 0. The molecular formula is C7H7ClLiNO3S. The maximum Gasteiger partial charge on any atom is 1.00 e. The van der Waals surface area contributed by atoms with Gasteiger partial charge in [-0.2, -0.15) is 0 Å². The fraction of sp³-hybridized carbons (Fsp3) is 0.143. The van der Waals surface area contributed by atoms with E-state index in [4.69, 9.17) is 17.3 Å². The van der Waals surface area contributed by atoms with Gasteiger partial charge in [0.25, 0.3) is 0 Å². The van der Waals surface area contributed by atoms with Crippen LogP contribution in [0.15, 0.2) is 17.0 Å². The zero-order chi connectivity index (χ0) is 10.2. The Kier molecular flexibility index (Phi) is 4.50. The van der Waals surface area contributed by atoms with Crippen molar-refractivity contribution in [3.05, 3.63) is 22.7 Å². The van der Waals surface area contributed by atoms with Crippen LogP contribution < -0.4 is 24.6 Å². The molecule has 0 aromatic heterocycles. The van der Waals surface area contributed by atoms with Crippen LogP contribution in [0.5, 0.6) is 0 Å². The second-order valence-electron chi connectivity index (χ2n) is 2.59. The summed E-state index contributed by atoms with van der Waals surface area (Å²) in [6, 6.07) is 2.42. The van der Waals surface area contributed by atoms with Gasteiger partial charge < -0.3 is 10.3 Å². The van der Waals surface area contributed by atoms with Crippen molar-refractivity contribution in [1.29, 1.82) is 0 Å². The van der Waals surface area contributed by atoms with E-state index in [2.05, 4.69) is 0 Å². The van der Waals surface area contributed by atoms with Crippen LogP contribution >= 0.6 is 11.6 Å². The Morgan fingerprint density at radius 2 is 1.93 bits per heavy atom. The van der Waals surface area contributed by atoms with E-state index in [-0.39, 0.29) is 34.5 Å². The molecule has 0 heterocycles. The summed E-state index contributed by atoms with van der Waals surface area (Å²) < 4.78 is 32.0. The van der Waals surface area contributed by atoms with Gasteiger partial charge in [-0.25, -0.2) is 8.42 Å². The Morgan fingerprint density at radius 3 is 2.36 bits per heavy atom. The van der Waals surface area contributed by atoms with Crippen LogP contribution in [0, 0.1) is 6.92 Å². The predicted octanol–water partition coefficient (Wildman–Crippen LogP) is -1.86. The third kappa shape index (κ3) is 2.91. The second kappa shape index (κ2) is 4.56. The fourth-order valence-electron chi connectivity index (χ4n) is 0.955. The van der Waals surface area contributed by atoms with Crippen molar-refractivity contribution in [2.24, 2.45) is 0 Å². The molecule has 72 valence electrons. The first kappa shape index (κ1) is 13.8. The van der Waals surface area contributed by atoms with Crippen molar-refractivity contribution < 1.29 is 31.8 Å². The minimum Gasteiger partial charge on any atom is -0.744 e. The van der Waals surface area contributed by atoms with Crippen molar-refractivity contribution in [3.8, 4) is 0 Å². The van der Waals surface area contributed by atoms with Gasteiger partial charge in [-0.15, -0.1) is 0 Å². The number of halogens is 1. The topological polar surface area (TPSA) is 83.2 Å². The monoisotopic (exact) mass is 227 g/mol. The number of hydrogen-bond donors (Lipinski definition) is 1. The van der Waals surface area contributed by atoms with Crippen molar-refractivity contribution in [2.75, 3.05) is 5.73 Å². The van der Waals surface area contributed by atoms with E-state index < -0.39 is 10.1 Å². The average Bonchev–Trinajstić information content (AvgIpc) is 1.94. The molecule has 4 nitrogen and oxygen atoms in total. The Hall–Kier alpha value is -0.183. The molecular weight excluding hydrogens is 221 g/mol. The maximum atomic E-state index is 10.7. The molecule has 0 bridgehead atoms. The van der Waals surface area contributed by atoms with Crippen LogP contribution in [0.1, 0.15) is 5.56 Å². The molecule has 0 atom stereocenters. The molecule has 2 N–H and O–H groups in total. The molecule has 14 heavy (non-hydrogen) atoms. The van der Waals surface area contributed by atoms with E-state index >= 15 is 0 Å². The van der Waals surface area contributed by atoms with Crippen molar-refractivity contribution in [1.82, 2.24) is 0 Å². The van der Waals surface area contributed by atoms with Gasteiger partial charge in [0, 0.05) is 0 Å². The molecule has 0 radical (unpaired) electrons. The van der Waals surface area contributed by atoms with E-state index in [0.29, 0.717) is 5.56 Å². The summed E-state index contributed by atoms with van der Waals surface area (Å²) in [4.78, 5) is -0.327. The predicted molar refractivity (Wildman–Crippen MR) is 48.6 cm³/mol. The summed E-state index contributed by atoms with van der Waals surface area (Å²) in [6.45, 7) is 1.48. The zero-order valence-corrected chi connectivity index (χ0v) is 9.32. The van der Waals surface area contributed by atoms with Gasteiger partial charge >= 0.3 is 18.9 Å². The van der Waals surface area contributed by atoms with Gasteiger partial charge in [-0.1, -0.05) is 11.6 Å². The standard InChI is InChI=1S/C7H8ClNO3S.Li/c1-4-2-6(9)5(8)3-7(4)13(10,11)12;/h2-3H,9H2,1H3,(H,10,11,12);/q;+1/p-1. The zero-order valence-electron chi connectivity index (χ0n) is 7.74. The SMILES string of the molecule is Cc1cc(N)c(Cl)cc1S(=O)(=O)[O-].[Li+]. The third-order valence-electron chi connectivity index (χ3n) is 1.56. The van der Waals surface area contributed by atoms with Gasteiger partial charge in [0.1, 0.15) is 10.1 Å². The smallest absolute Gasteiger partial charge is 0.744 e. The normalized spacial score (nSPS) is 10.8. The molecule has 0 aliphatic rings. The molecule has 0 amide bonds. The summed E-state index contributed by atoms with van der Waals surface area (Å²) in [7, 11) is -4.46. The van der Waals surface area contributed by atoms with Crippen molar-refractivity contribution in [3.63, 3.8) is 0 Å². The van der Waals surface area contributed by atoms with Gasteiger partial charge in [-0.3, -0.25) is 0 Å². The second-order valence-corrected chi connectivity index (χ2v) is 4.35. The van der Waals surface area contributed by atoms with Crippen molar-refractivity contribution in [2.45, 2.75) is 11.8 Å². The van der Waals surface area contributed by atoms with Gasteiger partial charge in [0.05, 0.1) is 15.6 Å². The summed E-state index contributed by atoms with van der Waals surface area (Å²) in [5, 5.41) is 0.0695. The Labute approximate surface area is 99.4 Å². The first-order chi connectivity index (χ1) is 5.82.